The summed E-state index contributed by atoms with van der Waals surface area (Å²) in [7, 11) is 0. The van der Waals surface area contributed by atoms with Gasteiger partial charge in [-0.1, -0.05) is 56.9 Å². The Balaban J connectivity index is 1.82. The van der Waals surface area contributed by atoms with Gasteiger partial charge in [0.1, 0.15) is 11.7 Å². The molecule has 0 bridgehead atoms. The molecule has 0 radical (unpaired) electrons. The molecular weight excluding hydrogens is 446 g/mol. The number of H-pyrrole nitrogens is 1. The number of tetrazole rings is 1. The highest BCUT2D eigenvalue weighted by atomic mass is 79.9. The van der Waals surface area contributed by atoms with Gasteiger partial charge in [0.15, 0.2) is 0 Å². The lowest BCUT2D eigenvalue weighted by Crippen LogP contribution is -2.29. The molecule has 3 heterocycles. The van der Waals surface area contributed by atoms with E-state index in [0.717, 1.165) is 15.6 Å². The summed E-state index contributed by atoms with van der Waals surface area (Å²) in [6.07, 6.45) is 0. The van der Waals surface area contributed by atoms with Gasteiger partial charge in [-0.25, -0.2) is 5.10 Å². The van der Waals surface area contributed by atoms with Crippen molar-refractivity contribution in [3.63, 3.8) is 0 Å². The molecule has 1 aliphatic rings. The Morgan fingerprint density at radius 3 is 2.75 bits per heavy atom. The van der Waals surface area contributed by atoms with Crippen molar-refractivity contribution in [1.82, 2.24) is 30.4 Å². The number of nitrogens with zero attached hydrogens (tertiary/aromatic N) is 5. The summed E-state index contributed by atoms with van der Waals surface area (Å²) in [5.41, 5.74) is 3.05. The molecule has 1 aliphatic heterocycles. The number of hydrogen-bond acceptors (Lipinski definition) is 6. The predicted octanol–water partition coefficient (Wildman–Crippen LogP) is 3.53. The first-order valence-electron chi connectivity index (χ1n) is 8.30. The van der Waals surface area contributed by atoms with Gasteiger partial charge in [0, 0.05) is 20.6 Å². The Hall–Kier alpha value is -3.04. The maximum atomic E-state index is 12.6. The predicted molar refractivity (Wildman–Crippen MR) is 108 cm³/mol. The van der Waals surface area contributed by atoms with E-state index in [1.165, 1.54) is 0 Å². The van der Waals surface area contributed by atoms with E-state index in [1.54, 1.807) is 16.8 Å². The van der Waals surface area contributed by atoms with Crippen LogP contribution in [0.2, 0.25) is 5.02 Å². The van der Waals surface area contributed by atoms with Crippen molar-refractivity contribution in [2.75, 3.05) is 5.32 Å². The van der Waals surface area contributed by atoms with Crippen LogP contribution < -0.4 is 10.9 Å². The number of fused-ring (bicyclic) bond motifs is 2. The fraction of sp³-hybridized carbons (Fsp3) is 0.0556. The van der Waals surface area contributed by atoms with E-state index in [9.17, 15) is 4.79 Å². The second kappa shape index (κ2) is 6.54. The Morgan fingerprint density at radius 2 is 1.96 bits per heavy atom. The molecule has 4 aromatic rings. The minimum atomic E-state index is -0.431. The van der Waals surface area contributed by atoms with Crippen LogP contribution in [0.1, 0.15) is 17.2 Å². The topological polar surface area (TPSA) is 101 Å². The third-order valence-corrected chi connectivity index (χ3v) is 5.30. The van der Waals surface area contributed by atoms with Crippen LogP contribution in [-0.4, -0.2) is 30.4 Å². The van der Waals surface area contributed by atoms with Crippen LogP contribution >= 0.6 is 27.5 Å². The van der Waals surface area contributed by atoms with Crippen LogP contribution in [0.5, 0.6) is 0 Å². The SMILES string of the molecule is O=c1[nH]nc(-c2ccc(Cl)cc2)c2c1Nc1nnnn1C2c1cccc(Br)c1. The lowest BCUT2D eigenvalue weighted by Gasteiger charge is -2.27. The fourth-order valence-corrected chi connectivity index (χ4v) is 3.89. The van der Waals surface area contributed by atoms with Crippen LogP contribution in [0.3, 0.4) is 0 Å². The van der Waals surface area contributed by atoms with Gasteiger partial charge in [-0.3, -0.25) is 4.79 Å². The van der Waals surface area contributed by atoms with Gasteiger partial charge in [-0.2, -0.15) is 9.78 Å². The number of anilines is 2. The largest absolute Gasteiger partial charge is 0.318 e. The molecule has 2 aromatic heterocycles. The minimum Gasteiger partial charge on any atom is -0.318 e. The molecule has 1 unspecified atom stereocenters. The minimum absolute atomic E-state index is 0.345. The second-order valence-corrected chi connectivity index (χ2v) is 7.58. The molecule has 0 amide bonds. The van der Waals surface area contributed by atoms with Gasteiger partial charge in [-0.15, -0.1) is 0 Å². The van der Waals surface area contributed by atoms with Gasteiger partial charge in [0.2, 0.25) is 5.95 Å². The number of halogens is 2. The molecule has 1 atom stereocenters. The van der Waals surface area contributed by atoms with E-state index in [4.69, 9.17) is 11.6 Å². The fourth-order valence-electron chi connectivity index (χ4n) is 3.35. The molecule has 138 valence electrons. The zero-order valence-corrected chi connectivity index (χ0v) is 16.4. The zero-order valence-electron chi connectivity index (χ0n) is 14.1. The molecule has 8 nitrogen and oxygen atoms in total. The number of hydrogen-bond donors (Lipinski definition) is 2. The summed E-state index contributed by atoms with van der Waals surface area (Å²) >= 11 is 9.55. The average molecular weight is 457 g/mol. The second-order valence-electron chi connectivity index (χ2n) is 6.23. The highest BCUT2D eigenvalue weighted by Crippen LogP contribution is 2.41. The summed E-state index contributed by atoms with van der Waals surface area (Å²) in [6.45, 7) is 0. The van der Waals surface area contributed by atoms with Crippen molar-refractivity contribution in [3.8, 4) is 11.3 Å². The number of rotatable bonds is 2. The maximum Gasteiger partial charge on any atom is 0.288 e. The van der Waals surface area contributed by atoms with E-state index in [2.05, 4.69) is 47.0 Å². The lowest BCUT2D eigenvalue weighted by atomic mass is 9.92. The van der Waals surface area contributed by atoms with Crippen LogP contribution in [-0.2, 0) is 0 Å². The molecule has 2 N–H and O–H groups in total. The summed E-state index contributed by atoms with van der Waals surface area (Å²) in [5.74, 6) is 0.385. The van der Waals surface area contributed by atoms with E-state index < -0.39 is 6.04 Å². The van der Waals surface area contributed by atoms with Crippen LogP contribution in [0.15, 0.2) is 57.8 Å². The van der Waals surface area contributed by atoms with Crippen molar-refractivity contribution in [3.05, 3.63) is 79.5 Å². The van der Waals surface area contributed by atoms with Crippen LogP contribution in [0, 0.1) is 0 Å². The quantitative estimate of drug-likeness (QED) is 0.421. The Kier molecular flexibility index (Phi) is 3.99. The number of aromatic nitrogens is 6. The monoisotopic (exact) mass is 455 g/mol. The molecule has 28 heavy (non-hydrogen) atoms. The lowest BCUT2D eigenvalue weighted by molar-refractivity contribution is 0.567. The summed E-state index contributed by atoms with van der Waals surface area (Å²) in [6, 6.07) is 14.6. The zero-order chi connectivity index (χ0) is 19.3. The molecule has 0 spiro atoms. The van der Waals surface area contributed by atoms with Crippen LogP contribution in [0.25, 0.3) is 11.3 Å². The molecule has 0 saturated heterocycles. The molecule has 5 rings (SSSR count). The normalized spacial score (nSPS) is 14.9. The maximum absolute atomic E-state index is 12.6. The highest BCUT2D eigenvalue weighted by Gasteiger charge is 2.34. The van der Waals surface area contributed by atoms with Crippen molar-refractivity contribution >= 4 is 39.2 Å². The van der Waals surface area contributed by atoms with E-state index in [0.29, 0.717) is 27.9 Å². The third kappa shape index (κ3) is 2.71. The smallest absolute Gasteiger partial charge is 0.288 e. The first-order valence-corrected chi connectivity index (χ1v) is 9.48. The van der Waals surface area contributed by atoms with E-state index >= 15 is 0 Å². The van der Waals surface area contributed by atoms with E-state index in [1.807, 2.05) is 36.4 Å². The van der Waals surface area contributed by atoms with Gasteiger partial charge in [-0.05, 0) is 40.3 Å². The summed E-state index contributed by atoms with van der Waals surface area (Å²) in [4.78, 5) is 12.6. The van der Waals surface area contributed by atoms with Gasteiger partial charge in [0.25, 0.3) is 5.56 Å². The van der Waals surface area contributed by atoms with Gasteiger partial charge < -0.3 is 5.32 Å². The average Bonchev–Trinajstić information content (AvgIpc) is 3.16. The van der Waals surface area contributed by atoms with Crippen molar-refractivity contribution < 1.29 is 0 Å². The van der Waals surface area contributed by atoms with Gasteiger partial charge >= 0.3 is 0 Å². The number of benzene rings is 2. The first-order chi connectivity index (χ1) is 13.6. The number of nitrogens with one attached hydrogen (secondary N) is 2. The van der Waals surface area contributed by atoms with Crippen molar-refractivity contribution in [2.45, 2.75) is 6.04 Å². The van der Waals surface area contributed by atoms with Gasteiger partial charge in [0.05, 0.1) is 5.69 Å². The molecule has 10 heteroatoms. The molecule has 0 fully saturated rings. The van der Waals surface area contributed by atoms with Crippen LogP contribution in [0.4, 0.5) is 11.6 Å². The standard InChI is InChI=1S/C18H11BrClN7O/c19-11-3-1-2-10(8-11)16-13-14(9-4-6-12(20)7-5-9)22-23-17(28)15(13)21-18-24-25-26-27(16)18/h1-8,16H,(H,23,28)(H,21,24,26). The first kappa shape index (κ1) is 17.1. The Morgan fingerprint density at radius 1 is 1.14 bits per heavy atom. The highest BCUT2D eigenvalue weighted by molar-refractivity contribution is 9.10. The van der Waals surface area contributed by atoms with Crippen molar-refractivity contribution in [1.29, 1.82) is 0 Å². The Bertz CT molecular complexity index is 1250. The Labute approximate surface area is 171 Å². The van der Waals surface area contributed by atoms with E-state index in [-0.39, 0.29) is 5.56 Å². The number of aromatic amines is 1. The molecular formula is C18H11BrClN7O. The third-order valence-electron chi connectivity index (χ3n) is 4.55. The molecule has 2 aromatic carbocycles. The summed E-state index contributed by atoms with van der Waals surface area (Å²) < 4.78 is 2.55. The summed E-state index contributed by atoms with van der Waals surface area (Å²) in [5, 5.41) is 22.4. The van der Waals surface area contributed by atoms with Crippen molar-refractivity contribution in [2.24, 2.45) is 0 Å². The molecule has 0 saturated carbocycles. The molecule has 0 aliphatic carbocycles.